The van der Waals surface area contributed by atoms with Crippen molar-refractivity contribution in [3.8, 4) is 5.75 Å². The van der Waals surface area contributed by atoms with Crippen LogP contribution in [0.5, 0.6) is 5.75 Å². The second kappa shape index (κ2) is 9.97. The summed E-state index contributed by atoms with van der Waals surface area (Å²) in [6, 6.07) is 1.99. The van der Waals surface area contributed by atoms with Crippen LogP contribution in [0.1, 0.15) is 69.3 Å². The first-order valence-electron chi connectivity index (χ1n) is 10.8. The third-order valence-electron chi connectivity index (χ3n) is 6.78. The molecule has 166 valence electrons. The molecule has 1 nitrogen and oxygen atoms in total. The van der Waals surface area contributed by atoms with E-state index in [0.717, 1.165) is 50.2 Å². The van der Waals surface area contributed by atoms with Gasteiger partial charge in [-0.1, -0.05) is 24.8 Å². The topological polar surface area (TPSA) is 9.23 Å². The van der Waals surface area contributed by atoms with Gasteiger partial charge in [-0.15, -0.1) is 13.2 Å². The third kappa shape index (κ3) is 6.08. The number of halogens is 5. The first-order chi connectivity index (χ1) is 14.3. The molecule has 1 aromatic carbocycles. The van der Waals surface area contributed by atoms with Crippen molar-refractivity contribution in [3.05, 3.63) is 54.1 Å². The van der Waals surface area contributed by atoms with Gasteiger partial charge in [0.25, 0.3) is 0 Å². The summed E-state index contributed by atoms with van der Waals surface area (Å²) in [6.45, 7) is 3.69. The molecule has 0 atom stereocenters. The van der Waals surface area contributed by atoms with Gasteiger partial charge in [-0.2, -0.15) is 0 Å². The zero-order valence-electron chi connectivity index (χ0n) is 17.1. The maximum atomic E-state index is 14.0. The summed E-state index contributed by atoms with van der Waals surface area (Å²) in [5.41, 5.74) is 0.427. The van der Waals surface area contributed by atoms with Crippen molar-refractivity contribution < 1.29 is 26.7 Å². The molecule has 3 rings (SSSR count). The summed E-state index contributed by atoms with van der Waals surface area (Å²) in [7, 11) is 0. The Labute approximate surface area is 175 Å². The van der Waals surface area contributed by atoms with E-state index >= 15 is 0 Å². The zero-order chi connectivity index (χ0) is 21.7. The van der Waals surface area contributed by atoms with Gasteiger partial charge < -0.3 is 4.74 Å². The first-order valence-corrected chi connectivity index (χ1v) is 10.8. The molecule has 0 spiro atoms. The summed E-state index contributed by atoms with van der Waals surface area (Å²) >= 11 is 0. The van der Waals surface area contributed by atoms with Gasteiger partial charge in [0.1, 0.15) is 0 Å². The number of rotatable bonds is 6. The Morgan fingerprint density at radius 1 is 0.900 bits per heavy atom. The van der Waals surface area contributed by atoms with Crippen LogP contribution in [0.2, 0.25) is 0 Å². The summed E-state index contributed by atoms with van der Waals surface area (Å²) in [4.78, 5) is 0. The van der Waals surface area contributed by atoms with Crippen LogP contribution in [-0.2, 0) is 0 Å². The maximum absolute atomic E-state index is 14.0. The fraction of sp³-hybridized carbons (Fsp3) is 0.583. The molecular weight excluding hydrogens is 399 g/mol. The monoisotopic (exact) mass is 428 g/mol. The molecule has 6 heteroatoms. The van der Waals surface area contributed by atoms with Crippen molar-refractivity contribution in [1.29, 1.82) is 0 Å². The fourth-order valence-electron chi connectivity index (χ4n) is 5.21. The van der Waals surface area contributed by atoms with Crippen LogP contribution in [0.4, 0.5) is 22.0 Å². The second-order valence-electron chi connectivity index (χ2n) is 8.65. The van der Waals surface area contributed by atoms with E-state index in [2.05, 4.69) is 17.4 Å². The van der Waals surface area contributed by atoms with Gasteiger partial charge in [0.15, 0.2) is 11.6 Å². The lowest BCUT2D eigenvalue weighted by molar-refractivity contribution is -0.276. The molecule has 2 saturated carbocycles. The van der Waals surface area contributed by atoms with Gasteiger partial charge in [-0.25, -0.2) is 8.78 Å². The normalized spacial score (nSPS) is 27.9. The van der Waals surface area contributed by atoms with Crippen molar-refractivity contribution in [1.82, 2.24) is 0 Å². The molecular formula is C24H29F5O. The SMILES string of the molecule is C=CC=CCC1CCC(C2CCC(c3cc(F)c(OC(F)(F)F)c(F)c3)CC2)CC1. The Balaban J connectivity index is 1.52. The van der Waals surface area contributed by atoms with Crippen LogP contribution >= 0.6 is 0 Å². The van der Waals surface area contributed by atoms with Gasteiger partial charge in [-0.3, -0.25) is 0 Å². The Bertz CT molecular complexity index is 715. The largest absolute Gasteiger partial charge is 0.573 e. The van der Waals surface area contributed by atoms with E-state index in [1.807, 2.05) is 6.08 Å². The summed E-state index contributed by atoms with van der Waals surface area (Å²) < 4.78 is 68.5. The average Bonchev–Trinajstić information content (AvgIpc) is 2.71. The van der Waals surface area contributed by atoms with Gasteiger partial charge in [0.2, 0.25) is 5.75 Å². The molecule has 2 aliphatic rings. The lowest BCUT2D eigenvalue weighted by Gasteiger charge is -2.38. The predicted octanol–water partition coefficient (Wildman–Crippen LogP) is 8.08. The Hall–Kier alpha value is -1.85. The van der Waals surface area contributed by atoms with Crippen LogP contribution in [0.15, 0.2) is 36.9 Å². The average molecular weight is 428 g/mol. The highest BCUT2D eigenvalue weighted by Crippen LogP contribution is 2.45. The van der Waals surface area contributed by atoms with Crippen molar-refractivity contribution in [2.24, 2.45) is 17.8 Å². The molecule has 0 aliphatic heterocycles. The molecule has 30 heavy (non-hydrogen) atoms. The van der Waals surface area contributed by atoms with E-state index in [0.29, 0.717) is 17.4 Å². The minimum atomic E-state index is -5.12. The van der Waals surface area contributed by atoms with Gasteiger partial charge in [0.05, 0.1) is 0 Å². The number of allylic oxidation sites excluding steroid dienone is 3. The number of hydrogen-bond donors (Lipinski definition) is 0. The molecule has 0 saturated heterocycles. The Morgan fingerprint density at radius 3 is 1.93 bits per heavy atom. The molecule has 0 N–H and O–H groups in total. The summed E-state index contributed by atoms with van der Waals surface area (Å²) in [5.74, 6) is -1.90. The first kappa shape index (κ1) is 22.8. The van der Waals surface area contributed by atoms with Gasteiger partial charge in [-0.05, 0) is 99.2 Å². The highest BCUT2D eigenvalue weighted by Gasteiger charge is 2.35. The van der Waals surface area contributed by atoms with Gasteiger partial charge in [0, 0.05) is 0 Å². The summed E-state index contributed by atoms with van der Waals surface area (Å²) in [5, 5.41) is 0. The van der Waals surface area contributed by atoms with Gasteiger partial charge >= 0.3 is 6.36 Å². The molecule has 2 aliphatic carbocycles. The predicted molar refractivity (Wildman–Crippen MR) is 107 cm³/mol. The van der Waals surface area contributed by atoms with Crippen molar-refractivity contribution in [3.63, 3.8) is 0 Å². The molecule has 2 fully saturated rings. The van der Waals surface area contributed by atoms with Crippen molar-refractivity contribution in [2.75, 3.05) is 0 Å². The molecule has 0 heterocycles. The van der Waals surface area contributed by atoms with Crippen LogP contribution in [0.3, 0.4) is 0 Å². The zero-order valence-corrected chi connectivity index (χ0v) is 17.1. The molecule has 0 aromatic heterocycles. The van der Waals surface area contributed by atoms with E-state index in [4.69, 9.17) is 0 Å². The quantitative estimate of drug-likeness (QED) is 0.329. The van der Waals surface area contributed by atoms with E-state index in [1.165, 1.54) is 25.7 Å². The minimum absolute atomic E-state index is 0.0226. The number of ether oxygens (including phenoxy) is 1. The van der Waals surface area contributed by atoms with Crippen LogP contribution in [0.25, 0.3) is 0 Å². The van der Waals surface area contributed by atoms with Crippen LogP contribution in [0, 0.1) is 29.4 Å². The van der Waals surface area contributed by atoms with Crippen molar-refractivity contribution in [2.45, 2.75) is 70.1 Å². The fourth-order valence-corrected chi connectivity index (χ4v) is 5.21. The smallest absolute Gasteiger partial charge is 0.399 e. The van der Waals surface area contributed by atoms with E-state index in [9.17, 15) is 22.0 Å². The Morgan fingerprint density at radius 2 is 1.43 bits per heavy atom. The molecule has 0 bridgehead atoms. The molecule has 0 amide bonds. The van der Waals surface area contributed by atoms with E-state index in [1.54, 1.807) is 6.08 Å². The maximum Gasteiger partial charge on any atom is 0.573 e. The minimum Gasteiger partial charge on any atom is -0.399 e. The van der Waals surface area contributed by atoms with Crippen molar-refractivity contribution >= 4 is 0 Å². The standard InChI is InChI=1S/C24H29F5O/c1-2-3-4-5-16-6-8-17(9-7-16)18-10-12-19(13-11-18)20-14-21(25)23(22(26)15-20)30-24(27,28)29/h2-4,14-19H,1,5-13H2. The van der Waals surface area contributed by atoms with Crippen LogP contribution < -0.4 is 4.74 Å². The second-order valence-corrected chi connectivity index (χ2v) is 8.65. The Kier molecular flexibility index (Phi) is 7.59. The van der Waals surface area contributed by atoms with E-state index in [-0.39, 0.29) is 5.92 Å². The summed E-state index contributed by atoms with van der Waals surface area (Å²) in [6.07, 6.45) is 10.5. The molecule has 0 unspecified atom stereocenters. The lowest BCUT2D eigenvalue weighted by atomic mass is 9.68. The highest BCUT2D eigenvalue weighted by atomic mass is 19.4. The highest BCUT2D eigenvalue weighted by molar-refractivity contribution is 5.33. The number of benzene rings is 1. The number of hydrogen-bond acceptors (Lipinski definition) is 1. The molecule has 0 radical (unpaired) electrons. The number of alkyl halides is 3. The third-order valence-corrected chi connectivity index (χ3v) is 6.78. The lowest BCUT2D eigenvalue weighted by Crippen LogP contribution is -2.25. The van der Waals surface area contributed by atoms with E-state index < -0.39 is 23.7 Å². The van der Waals surface area contributed by atoms with Crippen LogP contribution in [-0.4, -0.2) is 6.36 Å². The molecule has 1 aromatic rings.